The first-order valence-corrected chi connectivity index (χ1v) is 9.04. The van der Waals surface area contributed by atoms with Crippen molar-refractivity contribution < 1.29 is 4.79 Å². The largest absolute Gasteiger partial charge is 0.351 e. The van der Waals surface area contributed by atoms with Gasteiger partial charge >= 0.3 is 0 Å². The lowest BCUT2D eigenvalue weighted by Gasteiger charge is -2.08. The Morgan fingerprint density at radius 3 is 2.89 bits per heavy atom. The number of carbonyl (C=O) groups is 1. The van der Waals surface area contributed by atoms with Crippen LogP contribution >= 0.6 is 0 Å². The number of carbonyl (C=O) groups excluding carboxylic acids is 1. The highest BCUT2D eigenvalue weighted by Crippen LogP contribution is 2.35. The molecule has 4 heterocycles. The van der Waals surface area contributed by atoms with Crippen LogP contribution < -0.4 is 5.32 Å². The van der Waals surface area contributed by atoms with Gasteiger partial charge < -0.3 is 5.32 Å². The van der Waals surface area contributed by atoms with E-state index in [1.807, 2.05) is 23.9 Å². The summed E-state index contributed by atoms with van der Waals surface area (Å²) in [5, 5.41) is 20.7. The number of amides is 1. The maximum atomic E-state index is 12.6. The summed E-state index contributed by atoms with van der Waals surface area (Å²) in [6, 6.07) is 2.01. The van der Waals surface area contributed by atoms with E-state index in [1.165, 1.54) is 0 Å². The normalized spacial score (nSPS) is 15.8. The number of fused-ring (bicyclic) bond motifs is 6. The molecule has 0 spiro atoms. The fourth-order valence-electron chi connectivity index (χ4n) is 3.76. The van der Waals surface area contributed by atoms with Crippen LogP contribution in [0.15, 0.2) is 24.5 Å². The van der Waals surface area contributed by atoms with E-state index in [-0.39, 0.29) is 5.91 Å². The summed E-state index contributed by atoms with van der Waals surface area (Å²) in [4.78, 5) is 12.6. The van der Waals surface area contributed by atoms with Gasteiger partial charge in [0.1, 0.15) is 0 Å². The van der Waals surface area contributed by atoms with Gasteiger partial charge in [0.25, 0.3) is 5.91 Å². The Balaban J connectivity index is 1.71. The van der Waals surface area contributed by atoms with Crippen LogP contribution in [-0.2, 0) is 20.0 Å². The van der Waals surface area contributed by atoms with Crippen molar-refractivity contribution >= 4 is 11.5 Å². The molecule has 5 rings (SSSR count). The zero-order valence-electron chi connectivity index (χ0n) is 15.2. The maximum absolute atomic E-state index is 12.6. The van der Waals surface area contributed by atoms with E-state index in [0.29, 0.717) is 23.5 Å². The van der Waals surface area contributed by atoms with Crippen LogP contribution in [0.25, 0.3) is 16.8 Å². The minimum absolute atomic E-state index is 0.196. The van der Waals surface area contributed by atoms with Crippen molar-refractivity contribution in [1.82, 2.24) is 35.1 Å². The minimum atomic E-state index is -0.196. The molecular formula is C19H19N7O. The van der Waals surface area contributed by atoms with Crippen LogP contribution in [0.3, 0.4) is 0 Å². The Morgan fingerprint density at radius 2 is 2.00 bits per heavy atom. The molecular weight excluding hydrogens is 342 g/mol. The van der Waals surface area contributed by atoms with Crippen LogP contribution in [0.1, 0.15) is 39.4 Å². The highest BCUT2D eigenvalue weighted by molar-refractivity contribution is 5.98. The standard InChI is InChI=1S/C19H19N7O/c1-11-14-10-26(23-11)7-3-6-20-19(27)18-15(9-25(2)24-18)17-8-13-12(14)4-5-16(13)21-22-17/h4,8-10H,3,5-7H2,1-2H3,(H,20,27). The van der Waals surface area contributed by atoms with Gasteiger partial charge in [0.2, 0.25) is 0 Å². The summed E-state index contributed by atoms with van der Waals surface area (Å²) in [6.45, 7) is 3.33. The van der Waals surface area contributed by atoms with Crippen LogP contribution in [0.5, 0.6) is 0 Å². The maximum Gasteiger partial charge on any atom is 0.272 e. The number of hydrogen-bond acceptors (Lipinski definition) is 5. The molecule has 3 aromatic rings. The summed E-state index contributed by atoms with van der Waals surface area (Å²) >= 11 is 0. The molecule has 2 aliphatic rings. The van der Waals surface area contributed by atoms with Crippen LogP contribution in [0, 0.1) is 6.92 Å². The lowest BCUT2D eigenvalue weighted by Crippen LogP contribution is -2.26. The van der Waals surface area contributed by atoms with Crippen LogP contribution in [-0.4, -0.2) is 42.2 Å². The van der Waals surface area contributed by atoms with E-state index >= 15 is 0 Å². The molecule has 0 atom stereocenters. The van der Waals surface area contributed by atoms with Crippen molar-refractivity contribution in [2.45, 2.75) is 26.3 Å². The summed E-state index contributed by atoms with van der Waals surface area (Å²) < 4.78 is 3.59. The number of aromatic nitrogens is 6. The fourth-order valence-corrected chi connectivity index (χ4v) is 3.76. The van der Waals surface area contributed by atoms with Gasteiger partial charge in [-0.25, -0.2) is 0 Å². The lowest BCUT2D eigenvalue weighted by molar-refractivity contribution is 0.0947. The van der Waals surface area contributed by atoms with E-state index in [4.69, 9.17) is 0 Å². The van der Waals surface area contributed by atoms with E-state index in [0.717, 1.165) is 47.5 Å². The van der Waals surface area contributed by atoms with E-state index in [1.54, 1.807) is 11.7 Å². The highest BCUT2D eigenvalue weighted by atomic mass is 16.1. The first kappa shape index (κ1) is 15.9. The Morgan fingerprint density at radius 1 is 1.11 bits per heavy atom. The van der Waals surface area contributed by atoms with Crippen molar-refractivity contribution in [1.29, 1.82) is 0 Å². The second-order valence-electron chi connectivity index (χ2n) is 6.98. The summed E-state index contributed by atoms with van der Waals surface area (Å²) in [5.41, 5.74) is 6.98. The molecule has 1 aliphatic heterocycles. The van der Waals surface area contributed by atoms with Crippen molar-refractivity contribution in [3.63, 3.8) is 0 Å². The molecule has 8 heteroatoms. The van der Waals surface area contributed by atoms with E-state index in [9.17, 15) is 4.79 Å². The summed E-state index contributed by atoms with van der Waals surface area (Å²) in [5.74, 6) is -0.196. The topological polar surface area (TPSA) is 90.5 Å². The van der Waals surface area contributed by atoms with E-state index < -0.39 is 0 Å². The zero-order chi connectivity index (χ0) is 18.5. The number of nitrogens with zero attached hydrogens (tertiary/aromatic N) is 6. The first-order chi connectivity index (χ1) is 13.1. The first-order valence-electron chi connectivity index (χ1n) is 9.04. The number of allylic oxidation sites excluding steroid dienone is 1. The molecule has 0 fully saturated rings. The Kier molecular flexibility index (Phi) is 3.46. The molecule has 0 saturated carbocycles. The zero-order valence-corrected chi connectivity index (χ0v) is 15.2. The van der Waals surface area contributed by atoms with Gasteiger partial charge in [-0.15, -0.1) is 0 Å². The van der Waals surface area contributed by atoms with E-state index in [2.05, 4.69) is 38.0 Å². The molecule has 0 saturated heterocycles. The summed E-state index contributed by atoms with van der Waals surface area (Å²) in [6.07, 6.45) is 7.63. The third-order valence-corrected chi connectivity index (χ3v) is 5.07. The summed E-state index contributed by atoms with van der Waals surface area (Å²) in [7, 11) is 1.80. The molecule has 0 unspecified atom stereocenters. The number of nitrogens with one attached hydrogen (secondary N) is 1. The van der Waals surface area contributed by atoms with Crippen molar-refractivity contribution in [2.75, 3.05) is 6.54 Å². The average Bonchev–Trinajstić information content (AvgIpc) is 3.33. The molecule has 27 heavy (non-hydrogen) atoms. The SMILES string of the molecule is Cc1nn2cc1C1=CCc3nnc(cc31)-c1cn(C)nc1C(=O)NCCC2. The van der Waals surface area contributed by atoms with Gasteiger partial charge in [-0.1, -0.05) is 6.08 Å². The third-order valence-electron chi connectivity index (χ3n) is 5.07. The second-order valence-corrected chi connectivity index (χ2v) is 6.98. The molecule has 1 aliphatic carbocycles. The molecule has 3 aromatic heterocycles. The average molecular weight is 361 g/mol. The number of hydrogen-bond donors (Lipinski definition) is 1. The monoisotopic (exact) mass is 361 g/mol. The Bertz CT molecular complexity index is 1110. The quantitative estimate of drug-likeness (QED) is 0.655. The molecule has 136 valence electrons. The van der Waals surface area contributed by atoms with Gasteiger partial charge in [-0.05, 0) is 25.0 Å². The second kappa shape index (κ2) is 5.87. The lowest BCUT2D eigenvalue weighted by atomic mass is 10.0. The predicted octanol–water partition coefficient (Wildman–Crippen LogP) is 1.50. The van der Waals surface area contributed by atoms with Gasteiger partial charge in [0.15, 0.2) is 5.69 Å². The third kappa shape index (κ3) is 2.56. The molecule has 4 bridgehead atoms. The Labute approximate surface area is 155 Å². The molecule has 1 amide bonds. The number of rotatable bonds is 0. The van der Waals surface area contributed by atoms with Gasteiger partial charge in [0, 0.05) is 50.1 Å². The van der Waals surface area contributed by atoms with Gasteiger partial charge in [0.05, 0.1) is 22.6 Å². The molecule has 8 nitrogen and oxygen atoms in total. The van der Waals surface area contributed by atoms with Crippen molar-refractivity contribution in [3.8, 4) is 11.3 Å². The van der Waals surface area contributed by atoms with Crippen LogP contribution in [0.4, 0.5) is 0 Å². The van der Waals surface area contributed by atoms with Gasteiger partial charge in [-0.2, -0.15) is 20.4 Å². The van der Waals surface area contributed by atoms with Crippen molar-refractivity contribution in [3.05, 3.63) is 52.7 Å². The fraction of sp³-hybridized carbons (Fsp3) is 0.316. The number of aryl methyl sites for hydroxylation is 3. The Hall–Kier alpha value is -3.29. The molecule has 0 radical (unpaired) electrons. The highest BCUT2D eigenvalue weighted by Gasteiger charge is 2.25. The minimum Gasteiger partial charge on any atom is -0.351 e. The van der Waals surface area contributed by atoms with Crippen molar-refractivity contribution in [2.24, 2.45) is 7.05 Å². The molecule has 1 N–H and O–H groups in total. The van der Waals surface area contributed by atoms with Crippen LogP contribution in [0.2, 0.25) is 0 Å². The van der Waals surface area contributed by atoms with Gasteiger partial charge in [-0.3, -0.25) is 14.2 Å². The smallest absolute Gasteiger partial charge is 0.272 e. The molecule has 0 aromatic carbocycles. The predicted molar refractivity (Wildman–Crippen MR) is 98.9 cm³/mol.